The minimum absolute atomic E-state index is 0.0116. The average molecular weight is 780 g/mol. The Bertz CT molecular complexity index is 2810. The fourth-order valence-corrected chi connectivity index (χ4v) is 7.60. The van der Waals surface area contributed by atoms with Crippen LogP contribution < -0.4 is 9.42 Å². The first-order valence-corrected chi connectivity index (χ1v) is 20.7. The number of nitrogens with zero attached hydrogens (tertiary/aromatic N) is 5. The van der Waals surface area contributed by atoms with Gasteiger partial charge in [-0.25, -0.2) is 4.98 Å². The minimum Gasteiger partial charge on any atom is -0.458 e. The van der Waals surface area contributed by atoms with Crippen molar-refractivity contribution in [2.75, 3.05) is 0 Å². The van der Waals surface area contributed by atoms with Gasteiger partial charge in [-0.2, -0.15) is 4.68 Å². The largest absolute Gasteiger partial charge is 0.458 e. The van der Waals surface area contributed by atoms with Crippen LogP contribution in [0.25, 0.3) is 50.4 Å². The second kappa shape index (κ2) is 14.4. The zero-order chi connectivity index (χ0) is 42.1. The predicted octanol–water partition coefficient (Wildman–Crippen LogP) is 13.1. The van der Waals surface area contributed by atoms with Gasteiger partial charge in [0.25, 0.3) is 6.33 Å². The molecular formula is C53H57N5O. The molecule has 8 rings (SSSR count). The molecule has 0 saturated heterocycles. The molecule has 6 heteroatoms. The molecule has 0 amide bonds. The highest BCUT2D eigenvalue weighted by Gasteiger charge is 2.25. The van der Waals surface area contributed by atoms with Crippen molar-refractivity contribution < 1.29 is 9.42 Å². The van der Waals surface area contributed by atoms with Crippen molar-refractivity contribution in [3.05, 3.63) is 156 Å². The lowest BCUT2D eigenvalue weighted by atomic mass is 9.79. The number of para-hydroxylation sites is 1. The molecule has 0 atom stereocenters. The van der Waals surface area contributed by atoms with Crippen molar-refractivity contribution in [1.29, 1.82) is 0 Å². The molecule has 0 aliphatic heterocycles. The van der Waals surface area contributed by atoms with E-state index in [2.05, 4.69) is 208 Å². The van der Waals surface area contributed by atoms with E-state index in [0.29, 0.717) is 5.75 Å². The molecule has 0 bridgehead atoms. The second-order valence-corrected chi connectivity index (χ2v) is 20.1. The number of ether oxygens (including phenoxy) is 1. The molecule has 0 spiro atoms. The van der Waals surface area contributed by atoms with Gasteiger partial charge in [-0.15, -0.1) is 5.10 Å². The Kier molecular flexibility index (Phi) is 9.69. The van der Waals surface area contributed by atoms with Crippen molar-refractivity contribution in [3.63, 3.8) is 0 Å². The van der Waals surface area contributed by atoms with Gasteiger partial charge in [0.15, 0.2) is 5.82 Å². The normalized spacial score (nSPS) is 12.7. The van der Waals surface area contributed by atoms with Gasteiger partial charge in [0, 0.05) is 28.6 Å². The van der Waals surface area contributed by atoms with Crippen molar-refractivity contribution in [3.8, 4) is 40.1 Å². The highest BCUT2D eigenvalue weighted by molar-refractivity contribution is 6.09. The van der Waals surface area contributed by atoms with E-state index >= 15 is 0 Å². The van der Waals surface area contributed by atoms with Gasteiger partial charge in [-0.05, 0) is 86.4 Å². The first-order valence-electron chi connectivity index (χ1n) is 20.7. The summed E-state index contributed by atoms with van der Waals surface area (Å²) >= 11 is 0. The van der Waals surface area contributed by atoms with Gasteiger partial charge in [0.1, 0.15) is 17.3 Å². The minimum atomic E-state index is -0.0554. The smallest absolute Gasteiger partial charge is 0.273 e. The Morgan fingerprint density at radius 2 is 1.15 bits per heavy atom. The predicted molar refractivity (Wildman–Crippen MR) is 243 cm³/mol. The summed E-state index contributed by atoms with van der Waals surface area (Å²) in [4.78, 5) is 4.87. The Labute approximate surface area is 350 Å². The monoisotopic (exact) mass is 779 g/mol. The molecule has 0 fully saturated rings. The van der Waals surface area contributed by atoms with Crippen LogP contribution in [0.1, 0.15) is 105 Å². The van der Waals surface area contributed by atoms with E-state index in [9.17, 15) is 0 Å². The Morgan fingerprint density at radius 3 is 1.85 bits per heavy atom. The first-order chi connectivity index (χ1) is 27.7. The number of hydrogen-bond acceptors (Lipinski definition) is 3. The summed E-state index contributed by atoms with van der Waals surface area (Å²) in [5, 5.41) is 7.62. The SMILES string of the molecule is CC(C)(C)c1cccc(-[n+]2[c-]n(-c3cccc(Oc4ccc5c6ccccc6n(-c6cc(C(C)(C)C)ccn6)c5c4)c3)c(-c3cc(C(C)(C)C)cc(C(C)(C)C)c3)n2)c1. The molecule has 0 unspecified atom stereocenters. The van der Waals surface area contributed by atoms with Gasteiger partial charge >= 0.3 is 0 Å². The summed E-state index contributed by atoms with van der Waals surface area (Å²) in [5.74, 6) is 3.14. The molecule has 0 aliphatic carbocycles. The van der Waals surface area contributed by atoms with E-state index in [4.69, 9.17) is 14.8 Å². The molecule has 8 aromatic rings. The summed E-state index contributed by atoms with van der Waals surface area (Å²) in [6, 6.07) is 42.9. The van der Waals surface area contributed by atoms with Crippen LogP contribution in [-0.4, -0.2) is 19.2 Å². The second-order valence-electron chi connectivity index (χ2n) is 20.1. The number of pyridine rings is 1. The Hall–Kier alpha value is -6.01. The van der Waals surface area contributed by atoms with Crippen LogP contribution in [0.2, 0.25) is 0 Å². The first kappa shape index (κ1) is 39.8. The zero-order valence-corrected chi connectivity index (χ0v) is 36.8. The van der Waals surface area contributed by atoms with E-state index in [1.165, 1.54) is 27.6 Å². The summed E-state index contributed by atoms with van der Waals surface area (Å²) in [6.07, 6.45) is 5.55. The van der Waals surface area contributed by atoms with E-state index in [-0.39, 0.29) is 21.7 Å². The Balaban J connectivity index is 1.25. The number of hydrogen-bond donors (Lipinski definition) is 0. The lowest BCUT2D eigenvalue weighted by Crippen LogP contribution is -2.33. The van der Waals surface area contributed by atoms with Gasteiger partial charge in [-0.1, -0.05) is 156 Å². The van der Waals surface area contributed by atoms with Gasteiger partial charge in [0.05, 0.1) is 22.4 Å². The molecule has 0 radical (unpaired) electrons. The summed E-state index contributed by atoms with van der Waals surface area (Å²) < 4.78 is 12.9. The number of rotatable bonds is 6. The molecule has 0 aliphatic rings. The van der Waals surface area contributed by atoms with Crippen molar-refractivity contribution >= 4 is 21.8 Å². The third kappa shape index (κ3) is 7.93. The number of aromatic nitrogens is 5. The maximum Gasteiger partial charge on any atom is 0.273 e. The van der Waals surface area contributed by atoms with E-state index in [1.807, 2.05) is 23.0 Å². The van der Waals surface area contributed by atoms with Crippen molar-refractivity contribution in [1.82, 2.24) is 19.2 Å². The number of fused-ring (bicyclic) bond motifs is 3. The summed E-state index contributed by atoms with van der Waals surface area (Å²) in [6.45, 7) is 27.0. The van der Waals surface area contributed by atoms with Crippen LogP contribution in [0.15, 0.2) is 128 Å². The molecule has 300 valence electrons. The van der Waals surface area contributed by atoms with Gasteiger partial charge in [-0.3, -0.25) is 9.13 Å². The van der Waals surface area contributed by atoms with E-state index < -0.39 is 0 Å². The molecule has 3 heterocycles. The third-order valence-corrected chi connectivity index (χ3v) is 11.3. The fraction of sp³-hybridized carbons (Fsp3) is 0.302. The average Bonchev–Trinajstić information content (AvgIpc) is 3.77. The van der Waals surface area contributed by atoms with Gasteiger partial charge in [0.2, 0.25) is 0 Å². The molecule has 5 aromatic carbocycles. The molecule has 3 aromatic heterocycles. The summed E-state index contributed by atoms with van der Waals surface area (Å²) in [7, 11) is 0. The standard InChI is InChI=1S/C53H57N5O/c1-50(2,3)36-17-15-19-41(30-36)57-34-56(49(55-57)35-27-38(52(7,8)9)29-39(28-35)53(10,11)12)40-18-16-20-42(32-40)59-43-23-24-45-44-21-13-14-22-46(44)58(47(45)33-43)48-31-37(25-26-54-48)51(4,5)6/h13-33H,1-12H3. The lowest BCUT2D eigenvalue weighted by Gasteiger charge is -2.26. The summed E-state index contributed by atoms with van der Waals surface area (Å²) in [5.41, 5.74) is 9.90. The van der Waals surface area contributed by atoms with Gasteiger partial charge < -0.3 is 4.74 Å². The maximum absolute atomic E-state index is 6.74. The molecule has 59 heavy (non-hydrogen) atoms. The van der Waals surface area contributed by atoms with Crippen LogP contribution in [0.3, 0.4) is 0 Å². The van der Waals surface area contributed by atoms with E-state index in [1.54, 1.807) is 0 Å². The van der Waals surface area contributed by atoms with Crippen LogP contribution >= 0.6 is 0 Å². The fourth-order valence-electron chi connectivity index (χ4n) is 7.60. The van der Waals surface area contributed by atoms with Crippen LogP contribution in [0.4, 0.5) is 0 Å². The van der Waals surface area contributed by atoms with Crippen LogP contribution in [0.5, 0.6) is 11.5 Å². The third-order valence-electron chi connectivity index (χ3n) is 11.3. The topological polar surface area (TPSA) is 48.8 Å². The van der Waals surface area contributed by atoms with Crippen LogP contribution in [0, 0.1) is 6.33 Å². The highest BCUT2D eigenvalue weighted by Crippen LogP contribution is 2.38. The molecule has 0 N–H and O–H groups in total. The quantitative estimate of drug-likeness (QED) is 0.125. The van der Waals surface area contributed by atoms with E-state index in [0.717, 1.165) is 50.7 Å². The molecular weight excluding hydrogens is 723 g/mol. The molecule has 0 saturated carbocycles. The van der Waals surface area contributed by atoms with Crippen molar-refractivity contribution in [2.45, 2.75) is 105 Å². The highest BCUT2D eigenvalue weighted by atomic mass is 16.5. The Morgan fingerprint density at radius 1 is 0.525 bits per heavy atom. The maximum atomic E-state index is 6.74. The molecule has 6 nitrogen and oxygen atoms in total. The zero-order valence-electron chi connectivity index (χ0n) is 36.8. The number of benzene rings is 5. The van der Waals surface area contributed by atoms with Crippen molar-refractivity contribution in [2.24, 2.45) is 0 Å². The van der Waals surface area contributed by atoms with Crippen LogP contribution in [-0.2, 0) is 21.7 Å². The lowest BCUT2D eigenvalue weighted by molar-refractivity contribution is -0.660.